The molecule has 2 aromatic rings. The second-order valence-corrected chi connectivity index (χ2v) is 5.07. The van der Waals surface area contributed by atoms with Crippen molar-refractivity contribution in [1.29, 1.82) is 0 Å². The van der Waals surface area contributed by atoms with E-state index in [4.69, 9.17) is 14.0 Å². The molecular weight excluding hydrogens is 286 g/mol. The van der Waals surface area contributed by atoms with Gasteiger partial charge in [-0.3, -0.25) is 4.79 Å². The fraction of sp³-hybridized carbons (Fsp3) is 0.400. The second-order valence-electron chi connectivity index (χ2n) is 5.07. The van der Waals surface area contributed by atoms with Crippen molar-refractivity contribution >= 4 is 5.91 Å². The molecule has 1 atom stereocenters. The third-order valence-corrected chi connectivity index (χ3v) is 3.45. The van der Waals surface area contributed by atoms with E-state index in [1.807, 2.05) is 24.3 Å². The molecule has 0 radical (unpaired) electrons. The summed E-state index contributed by atoms with van der Waals surface area (Å²) in [5.41, 5.74) is 1.05. The lowest BCUT2D eigenvalue weighted by atomic mass is 9.96. The normalized spacial score (nSPS) is 16.7. The monoisotopic (exact) mass is 303 g/mol. The van der Waals surface area contributed by atoms with Crippen molar-refractivity contribution < 1.29 is 18.8 Å². The van der Waals surface area contributed by atoms with Gasteiger partial charge in [-0.2, -0.15) is 4.98 Å². The zero-order valence-electron chi connectivity index (χ0n) is 12.2. The molecule has 1 aliphatic heterocycles. The van der Waals surface area contributed by atoms with Gasteiger partial charge >= 0.3 is 0 Å². The van der Waals surface area contributed by atoms with Crippen LogP contribution in [0.3, 0.4) is 0 Å². The number of nitrogens with zero attached hydrogens (tertiary/aromatic N) is 2. The minimum atomic E-state index is -0.212. The van der Waals surface area contributed by atoms with E-state index in [2.05, 4.69) is 15.5 Å². The van der Waals surface area contributed by atoms with Crippen molar-refractivity contribution in [3.8, 4) is 5.75 Å². The standard InChI is InChI=1S/C15H17N3O4/c1-20-9-13-17-14(22-18-13)7-16-15(19)11-6-10-4-2-3-5-12(10)21-8-11/h2-5,11H,6-9H2,1H3,(H,16,19)/t11-/m0/s1. The Balaban J connectivity index is 1.54. The Hall–Kier alpha value is -2.41. The Kier molecular flexibility index (Phi) is 4.34. The molecule has 1 aromatic heterocycles. The summed E-state index contributed by atoms with van der Waals surface area (Å²) in [6, 6.07) is 7.76. The van der Waals surface area contributed by atoms with Crippen LogP contribution in [0.5, 0.6) is 5.75 Å². The van der Waals surface area contributed by atoms with E-state index >= 15 is 0 Å². The fourth-order valence-electron chi connectivity index (χ4n) is 2.35. The molecule has 1 amide bonds. The number of ether oxygens (including phenoxy) is 2. The number of fused-ring (bicyclic) bond motifs is 1. The molecule has 116 valence electrons. The van der Waals surface area contributed by atoms with E-state index < -0.39 is 0 Å². The maximum Gasteiger partial charge on any atom is 0.246 e. The molecule has 0 spiro atoms. The summed E-state index contributed by atoms with van der Waals surface area (Å²) < 4.78 is 15.5. The van der Waals surface area contributed by atoms with Gasteiger partial charge in [0, 0.05) is 7.11 Å². The first kappa shape index (κ1) is 14.5. The average molecular weight is 303 g/mol. The van der Waals surface area contributed by atoms with Crippen LogP contribution >= 0.6 is 0 Å². The van der Waals surface area contributed by atoms with Gasteiger partial charge in [-0.25, -0.2) is 0 Å². The number of methoxy groups -OCH3 is 1. The molecule has 1 N–H and O–H groups in total. The van der Waals surface area contributed by atoms with Crippen molar-refractivity contribution in [3.05, 3.63) is 41.5 Å². The number of hydrogen-bond donors (Lipinski definition) is 1. The van der Waals surface area contributed by atoms with Gasteiger partial charge in [0.15, 0.2) is 5.82 Å². The molecule has 2 heterocycles. The number of nitrogens with one attached hydrogen (secondary N) is 1. The van der Waals surface area contributed by atoms with E-state index in [-0.39, 0.29) is 25.0 Å². The van der Waals surface area contributed by atoms with E-state index in [0.29, 0.717) is 24.7 Å². The molecule has 22 heavy (non-hydrogen) atoms. The number of benzene rings is 1. The van der Waals surface area contributed by atoms with E-state index in [0.717, 1.165) is 11.3 Å². The van der Waals surface area contributed by atoms with Gasteiger partial charge in [-0.1, -0.05) is 23.4 Å². The minimum Gasteiger partial charge on any atom is -0.492 e. The van der Waals surface area contributed by atoms with Crippen LogP contribution in [0.2, 0.25) is 0 Å². The Morgan fingerprint density at radius 1 is 1.45 bits per heavy atom. The number of amides is 1. The molecule has 0 saturated carbocycles. The van der Waals surface area contributed by atoms with Crippen LogP contribution in [0, 0.1) is 5.92 Å². The van der Waals surface area contributed by atoms with Gasteiger partial charge < -0.3 is 19.3 Å². The molecule has 0 saturated heterocycles. The predicted octanol–water partition coefficient (Wildman–Crippen LogP) is 1.08. The average Bonchev–Trinajstić information content (AvgIpc) is 3.00. The maximum atomic E-state index is 12.2. The highest BCUT2D eigenvalue weighted by atomic mass is 16.5. The number of carbonyl (C=O) groups excluding carboxylic acids is 1. The fourth-order valence-corrected chi connectivity index (χ4v) is 2.35. The van der Waals surface area contributed by atoms with Gasteiger partial charge in [0.25, 0.3) is 0 Å². The molecule has 0 aliphatic carbocycles. The van der Waals surface area contributed by atoms with E-state index in [9.17, 15) is 4.79 Å². The van der Waals surface area contributed by atoms with Crippen molar-refractivity contribution in [2.75, 3.05) is 13.7 Å². The van der Waals surface area contributed by atoms with E-state index in [1.165, 1.54) is 0 Å². The van der Waals surface area contributed by atoms with Gasteiger partial charge in [0.05, 0.1) is 12.5 Å². The molecule has 1 aromatic carbocycles. The highest BCUT2D eigenvalue weighted by Gasteiger charge is 2.25. The third-order valence-electron chi connectivity index (χ3n) is 3.45. The van der Waals surface area contributed by atoms with Crippen LogP contribution in [-0.4, -0.2) is 29.8 Å². The summed E-state index contributed by atoms with van der Waals surface area (Å²) in [6.07, 6.45) is 0.667. The maximum absolute atomic E-state index is 12.2. The Morgan fingerprint density at radius 2 is 2.32 bits per heavy atom. The molecule has 0 fully saturated rings. The number of rotatable bonds is 5. The lowest BCUT2D eigenvalue weighted by Crippen LogP contribution is -2.37. The van der Waals surface area contributed by atoms with Crippen molar-refractivity contribution in [2.45, 2.75) is 19.6 Å². The first-order chi connectivity index (χ1) is 10.8. The second kappa shape index (κ2) is 6.57. The molecule has 0 bridgehead atoms. The van der Waals surface area contributed by atoms with Gasteiger partial charge in [0.2, 0.25) is 11.8 Å². The first-order valence-corrected chi connectivity index (χ1v) is 7.05. The molecule has 7 heteroatoms. The zero-order valence-corrected chi connectivity index (χ0v) is 12.2. The molecule has 3 rings (SSSR count). The SMILES string of the molecule is COCc1noc(CNC(=O)[C@@H]2COc3ccccc3C2)n1. The topological polar surface area (TPSA) is 86.5 Å². The minimum absolute atomic E-state index is 0.0824. The predicted molar refractivity (Wildman–Crippen MR) is 76.0 cm³/mol. The Bertz CT molecular complexity index is 656. The van der Waals surface area contributed by atoms with Crippen LogP contribution in [0.25, 0.3) is 0 Å². The summed E-state index contributed by atoms with van der Waals surface area (Å²) in [5, 5.41) is 6.54. The van der Waals surface area contributed by atoms with Crippen LogP contribution in [-0.2, 0) is 29.1 Å². The van der Waals surface area contributed by atoms with Crippen LogP contribution in [0.15, 0.2) is 28.8 Å². The molecule has 1 aliphatic rings. The largest absolute Gasteiger partial charge is 0.492 e. The summed E-state index contributed by atoms with van der Waals surface area (Å²) in [5.74, 6) is 1.38. The summed E-state index contributed by atoms with van der Waals surface area (Å²) in [7, 11) is 1.55. The van der Waals surface area contributed by atoms with E-state index in [1.54, 1.807) is 7.11 Å². The van der Waals surface area contributed by atoms with Crippen molar-refractivity contribution in [3.63, 3.8) is 0 Å². The zero-order chi connectivity index (χ0) is 15.4. The van der Waals surface area contributed by atoms with Crippen LogP contribution in [0.1, 0.15) is 17.3 Å². The highest BCUT2D eigenvalue weighted by molar-refractivity contribution is 5.79. The van der Waals surface area contributed by atoms with Gasteiger partial charge in [0.1, 0.15) is 19.0 Å². The lowest BCUT2D eigenvalue weighted by molar-refractivity contribution is -0.126. The number of para-hydroxylation sites is 1. The summed E-state index contributed by atoms with van der Waals surface area (Å²) in [6.45, 7) is 0.861. The highest BCUT2D eigenvalue weighted by Crippen LogP contribution is 2.26. The number of aromatic nitrogens is 2. The number of carbonyl (C=O) groups is 1. The first-order valence-electron chi connectivity index (χ1n) is 7.05. The Labute approximate surface area is 127 Å². The van der Waals surface area contributed by atoms with Gasteiger partial charge in [-0.05, 0) is 18.1 Å². The van der Waals surface area contributed by atoms with Crippen molar-refractivity contribution in [1.82, 2.24) is 15.5 Å². The summed E-state index contributed by atoms with van der Waals surface area (Å²) >= 11 is 0. The molecular formula is C15H17N3O4. The third kappa shape index (κ3) is 3.25. The number of hydrogen-bond acceptors (Lipinski definition) is 6. The van der Waals surface area contributed by atoms with Gasteiger partial charge in [-0.15, -0.1) is 0 Å². The smallest absolute Gasteiger partial charge is 0.246 e. The Morgan fingerprint density at radius 3 is 3.18 bits per heavy atom. The molecule has 7 nitrogen and oxygen atoms in total. The van der Waals surface area contributed by atoms with Crippen LogP contribution < -0.4 is 10.1 Å². The lowest BCUT2D eigenvalue weighted by Gasteiger charge is -2.24. The summed E-state index contributed by atoms with van der Waals surface area (Å²) in [4.78, 5) is 16.3. The van der Waals surface area contributed by atoms with Crippen LogP contribution in [0.4, 0.5) is 0 Å². The quantitative estimate of drug-likeness (QED) is 0.889. The molecule has 0 unspecified atom stereocenters. The van der Waals surface area contributed by atoms with Crippen molar-refractivity contribution in [2.24, 2.45) is 5.92 Å².